The number of likely N-dealkylation sites (N-methyl/N-ethyl adjacent to an activating group) is 3. The number of rotatable bonds is 25. The van der Waals surface area contributed by atoms with Gasteiger partial charge in [0.05, 0.1) is 30.2 Å². The van der Waals surface area contributed by atoms with Crippen LogP contribution in [-0.2, 0) is 51.2 Å². The maximum atomic E-state index is 15.5. The molecule has 0 saturated carbocycles. The first-order valence-electron chi connectivity index (χ1n) is 21.0. The average molecular weight is 812 g/mol. The minimum Gasteiger partial charge on any atom is -0.457 e. The van der Waals surface area contributed by atoms with Crippen LogP contribution in [0.4, 0.5) is 0 Å². The van der Waals surface area contributed by atoms with Crippen molar-refractivity contribution in [1.82, 2.24) is 16.0 Å². The third kappa shape index (κ3) is 13.6. The zero-order valence-electron chi connectivity index (χ0n) is 35.1. The second kappa shape index (κ2) is 23.5. The summed E-state index contributed by atoms with van der Waals surface area (Å²) < 4.78 is 6.80. The smallest absolute Gasteiger partial charge is 0.324 e. The maximum Gasteiger partial charge on any atom is 0.324 e. The van der Waals surface area contributed by atoms with Crippen molar-refractivity contribution in [1.29, 1.82) is 0 Å². The number of ether oxygens (including phenoxy) is 1. The molecule has 0 aromatic heterocycles. The van der Waals surface area contributed by atoms with Crippen molar-refractivity contribution in [3.05, 3.63) is 179 Å². The number of carbonyl (C=O) groups excluding carboxylic acids is 3. The topological polar surface area (TPSA) is 137 Å². The highest BCUT2D eigenvalue weighted by atomic mass is 16.6. The molecule has 0 aliphatic carbocycles. The van der Waals surface area contributed by atoms with Gasteiger partial charge in [0.25, 0.3) is 0 Å². The van der Waals surface area contributed by atoms with E-state index in [2.05, 4.69) is 16.0 Å². The molecule has 0 radical (unpaired) electrons. The van der Waals surface area contributed by atoms with Crippen LogP contribution in [0.25, 0.3) is 0 Å². The molecule has 0 aliphatic rings. The molecule has 9 nitrogen and oxygen atoms in total. The van der Waals surface area contributed by atoms with Crippen molar-refractivity contribution in [3.8, 4) is 0 Å². The summed E-state index contributed by atoms with van der Waals surface area (Å²) in [4.78, 5) is 45.2. The molecular formula is C51H61N3O6. The largest absolute Gasteiger partial charge is 0.457 e. The van der Waals surface area contributed by atoms with Crippen LogP contribution >= 0.6 is 0 Å². The molecule has 5 aromatic carbocycles. The molecule has 4 unspecified atom stereocenters. The van der Waals surface area contributed by atoms with Crippen LogP contribution in [0.1, 0.15) is 47.1 Å². The lowest BCUT2D eigenvalue weighted by molar-refractivity contribution is -0.180. The second-order valence-corrected chi connectivity index (χ2v) is 15.8. The molecule has 0 amide bonds. The Balaban J connectivity index is 1.66. The number of nitrogens with one attached hydrogen (secondary N) is 3. The monoisotopic (exact) mass is 811 g/mol. The van der Waals surface area contributed by atoms with E-state index in [4.69, 9.17) is 4.74 Å². The summed E-state index contributed by atoms with van der Waals surface area (Å²) in [5, 5.41) is 33.6. The zero-order chi connectivity index (χ0) is 42.7. The Hall–Kier alpha value is -5.29. The zero-order valence-corrected chi connectivity index (χ0v) is 35.1. The fraction of sp³-hybridized carbons (Fsp3) is 0.353. The maximum absolute atomic E-state index is 15.5. The Kier molecular flexibility index (Phi) is 17.9. The normalized spacial score (nSPS) is 15.4. The van der Waals surface area contributed by atoms with E-state index in [0.29, 0.717) is 12.8 Å². The van der Waals surface area contributed by atoms with Crippen molar-refractivity contribution in [2.75, 3.05) is 21.1 Å². The Morgan fingerprint density at radius 1 is 0.500 bits per heavy atom. The van der Waals surface area contributed by atoms with Crippen molar-refractivity contribution >= 4 is 17.5 Å². The lowest BCUT2D eigenvalue weighted by Gasteiger charge is -2.43. The molecule has 0 bridgehead atoms. The fourth-order valence-electron chi connectivity index (χ4n) is 8.18. The van der Waals surface area contributed by atoms with Gasteiger partial charge >= 0.3 is 5.97 Å². The van der Waals surface area contributed by atoms with E-state index in [9.17, 15) is 19.8 Å². The lowest BCUT2D eigenvalue weighted by Crippen LogP contribution is -2.58. The van der Waals surface area contributed by atoms with Crippen molar-refractivity contribution in [2.45, 2.75) is 87.3 Å². The van der Waals surface area contributed by atoms with Gasteiger partial charge in [-0.05, 0) is 87.5 Å². The Morgan fingerprint density at radius 2 is 0.850 bits per heavy atom. The third-order valence-electron chi connectivity index (χ3n) is 11.4. The molecule has 5 aromatic rings. The SMILES string of the molecule is CN[C@@H](Cc1ccccc1)C(=O)CC(CC(O)Cc1ccccc1)(OC(=O)[C@H](Cc1ccccc1)NC)C(CC(O)Cc1ccccc1)C(=O)[C@H](Cc1ccccc1)NC. The molecule has 60 heavy (non-hydrogen) atoms. The molecule has 0 fully saturated rings. The van der Waals surface area contributed by atoms with Gasteiger partial charge in [-0.25, -0.2) is 0 Å². The standard InChI is InChI=1S/C51H61N3O6/c1-52-45(31-39-23-13-6-14-24-39)48(57)36-51(35-43(56)30-38-21-11-5-12-22-38,60-50(59)47(54-3)33-41-27-17-8-18-28-41)44(34-42(55)29-37-19-9-4-10-20-37)49(58)46(53-2)32-40-25-15-7-16-26-40/h4-28,42-47,52-56H,29-36H2,1-3H3/t42?,43?,44?,45-,46-,47-,51?/m0/s1. The third-order valence-corrected chi connectivity index (χ3v) is 11.4. The number of benzene rings is 5. The van der Waals surface area contributed by atoms with Crippen LogP contribution in [0, 0.1) is 5.92 Å². The number of Topliss-reactive ketones (excluding diaryl/α,β-unsaturated/α-hetero) is 2. The first kappa shape index (κ1) is 45.8. The predicted octanol–water partition coefficient (Wildman–Crippen LogP) is 5.89. The lowest BCUT2D eigenvalue weighted by atomic mass is 9.70. The molecule has 0 saturated heterocycles. The number of carbonyl (C=O) groups is 3. The first-order valence-corrected chi connectivity index (χ1v) is 21.0. The van der Waals surface area contributed by atoms with Gasteiger partial charge in [-0.3, -0.25) is 14.4 Å². The Labute approximate surface area is 355 Å². The Bertz CT molecular complexity index is 1950. The quantitative estimate of drug-likeness (QED) is 0.0458. The van der Waals surface area contributed by atoms with Crippen LogP contribution in [-0.4, -0.2) is 84.8 Å². The number of aliphatic hydroxyl groups is 2. The van der Waals surface area contributed by atoms with Crippen molar-refractivity contribution in [2.24, 2.45) is 5.92 Å². The molecule has 5 rings (SSSR count). The van der Waals surface area contributed by atoms with Crippen LogP contribution < -0.4 is 16.0 Å². The first-order chi connectivity index (χ1) is 29.1. The van der Waals surface area contributed by atoms with Crippen molar-refractivity contribution < 1.29 is 29.3 Å². The summed E-state index contributed by atoms with van der Waals surface area (Å²) in [7, 11) is 5.09. The van der Waals surface area contributed by atoms with Gasteiger partial charge in [0, 0.05) is 12.8 Å². The molecule has 0 heterocycles. The number of hydrogen-bond acceptors (Lipinski definition) is 9. The van der Waals surface area contributed by atoms with Gasteiger partial charge in [-0.2, -0.15) is 0 Å². The van der Waals surface area contributed by atoms with Crippen LogP contribution in [0.3, 0.4) is 0 Å². The molecule has 9 heteroatoms. The number of hydrogen-bond donors (Lipinski definition) is 5. The fourth-order valence-corrected chi connectivity index (χ4v) is 8.18. The van der Waals surface area contributed by atoms with E-state index < -0.39 is 47.8 Å². The average Bonchev–Trinajstić information content (AvgIpc) is 3.27. The molecule has 0 spiro atoms. The minimum absolute atomic E-state index is 0.134. The van der Waals surface area contributed by atoms with Crippen molar-refractivity contribution in [3.63, 3.8) is 0 Å². The van der Waals surface area contributed by atoms with Crippen LogP contribution in [0.15, 0.2) is 152 Å². The van der Waals surface area contributed by atoms with E-state index >= 15 is 4.79 Å². The van der Waals surface area contributed by atoms with Crippen LogP contribution in [0.2, 0.25) is 0 Å². The Morgan fingerprint density at radius 3 is 1.25 bits per heavy atom. The molecular weight excluding hydrogens is 751 g/mol. The van der Waals surface area contributed by atoms with Gasteiger partial charge < -0.3 is 30.9 Å². The van der Waals surface area contributed by atoms with E-state index in [-0.39, 0.29) is 50.1 Å². The van der Waals surface area contributed by atoms with Gasteiger partial charge in [0.15, 0.2) is 11.6 Å². The molecule has 5 N–H and O–H groups in total. The molecule has 316 valence electrons. The minimum atomic E-state index is -1.89. The summed E-state index contributed by atoms with van der Waals surface area (Å²) >= 11 is 0. The van der Waals surface area contributed by atoms with E-state index in [1.54, 1.807) is 21.1 Å². The predicted molar refractivity (Wildman–Crippen MR) is 237 cm³/mol. The molecule has 7 atom stereocenters. The summed E-state index contributed by atoms with van der Waals surface area (Å²) in [6.07, 6.45) is -1.62. The number of aliphatic hydroxyl groups excluding tert-OH is 2. The summed E-state index contributed by atoms with van der Waals surface area (Å²) in [5.74, 6) is -2.50. The highest BCUT2D eigenvalue weighted by molar-refractivity contribution is 5.91. The summed E-state index contributed by atoms with van der Waals surface area (Å²) in [5.41, 5.74) is 2.55. The van der Waals surface area contributed by atoms with Gasteiger partial charge in [-0.1, -0.05) is 152 Å². The summed E-state index contributed by atoms with van der Waals surface area (Å²) in [6, 6.07) is 45.4. The highest BCUT2D eigenvalue weighted by Gasteiger charge is 2.52. The molecule has 0 aliphatic heterocycles. The number of esters is 1. The van der Waals surface area contributed by atoms with E-state index in [1.807, 2.05) is 152 Å². The van der Waals surface area contributed by atoms with Gasteiger partial charge in [0.2, 0.25) is 0 Å². The number of ketones is 2. The van der Waals surface area contributed by atoms with E-state index in [1.165, 1.54) is 0 Å². The second-order valence-electron chi connectivity index (χ2n) is 15.8. The highest BCUT2D eigenvalue weighted by Crippen LogP contribution is 2.39. The summed E-state index contributed by atoms with van der Waals surface area (Å²) in [6.45, 7) is 0. The van der Waals surface area contributed by atoms with Gasteiger partial charge in [0.1, 0.15) is 11.6 Å². The van der Waals surface area contributed by atoms with Gasteiger partial charge in [-0.15, -0.1) is 0 Å². The van der Waals surface area contributed by atoms with E-state index in [0.717, 1.165) is 27.8 Å². The van der Waals surface area contributed by atoms with Crippen LogP contribution in [0.5, 0.6) is 0 Å².